The van der Waals surface area contributed by atoms with E-state index in [-0.39, 0.29) is 18.9 Å². The van der Waals surface area contributed by atoms with Gasteiger partial charge in [0.15, 0.2) is 0 Å². The number of hydrogen-bond donors (Lipinski definition) is 1. The van der Waals surface area contributed by atoms with Crippen LogP contribution < -0.4 is 5.32 Å². The summed E-state index contributed by atoms with van der Waals surface area (Å²) in [6.45, 7) is 4.27. The molecule has 1 atom stereocenters. The van der Waals surface area contributed by atoms with Crippen LogP contribution in [0.4, 0.5) is 0 Å². The molecule has 6 nitrogen and oxygen atoms in total. The van der Waals surface area contributed by atoms with E-state index in [9.17, 15) is 14.4 Å². The molecule has 0 aliphatic heterocycles. The Morgan fingerprint density at radius 1 is 1.27 bits per heavy atom. The number of hydrogen-bond acceptors (Lipinski definition) is 6. The van der Waals surface area contributed by atoms with E-state index >= 15 is 0 Å². The van der Waals surface area contributed by atoms with Gasteiger partial charge in [-0.2, -0.15) is 0 Å². The fourth-order valence-electron chi connectivity index (χ4n) is 0.793. The van der Waals surface area contributed by atoms with E-state index in [0.29, 0.717) is 0 Å². The zero-order valence-corrected chi connectivity index (χ0v) is 9.03. The zero-order chi connectivity index (χ0) is 11.8. The quantitative estimate of drug-likeness (QED) is 0.482. The minimum absolute atomic E-state index is 0.0588. The molecule has 0 saturated carbocycles. The third kappa shape index (κ3) is 6.62. The third-order valence-electron chi connectivity index (χ3n) is 1.32. The van der Waals surface area contributed by atoms with Crippen molar-refractivity contribution in [3.63, 3.8) is 0 Å². The Morgan fingerprint density at radius 2 is 1.87 bits per heavy atom. The van der Waals surface area contributed by atoms with Gasteiger partial charge in [-0.25, -0.2) is 4.79 Å². The molecule has 15 heavy (non-hydrogen) atoms. The maximum absolute atomic E-state index is 11.2. The van der Waals surface area contributed by atoms with Crippen molar-refractivity contribution in [3.05, 3.63) is 0 Å². The van der Waals surface area contributed by atoms with Gasteiger partial charge in [0.25, 0.3) is 6.23 Å². The van der Waals surface area contributed by atoms with Gasteiger partial charge in [0, 0.05) is 6.92 Å². The first-order chi connectivity index (χ1) is 6.97. The fraction of sp³-hybridized carbons (Fsp3) is 0.667. The number of carbonyl (C=O) groups excluding carboxylic acids is 3. The molecule has 0 radical (unpaired) electrons. The normalized spacial score (nSPS) is 11.7. The second kappa shape index (κ2) is 6.94. The van der Waals surface area contributed by atoms with Crippen molar-refractivity contribution >= 4 is 17.7 Å². The molecule has 86 valence electrons. The highest BCUT2D eigenvalue weighted by Gasteiger charge is 2.22. The lowest BCUT2D eigenvalue weighted by molar-refractivity contribution is -0.168. The number of ketones is 1. The number of carbonyl (C=O) groups is 3. The van der Waals surface area contributed by atoms with Gasteiger partial charge in [-0.3, -0.25) is 14.9 Å². The second-order valence-electron chi connectivity index (χ2n) is 2.82. The lowest BCUT2D eigenvalue weighted by Crippen LogP contribution is -2.43. The van der Waals surface area contributed by atoms with Gasteiger partial charge in [-0.05, 0) is 13.8 Å². The molecule has 0 aromatic rings. The molecule has 0 saturated heterocycles. The van der Waals surface area contributed by atoms with Gasteiger partial charge in [0.1, 0.15) is 5.78 Å². The van der Waals surface area contributed by atoms with Crippen molar-refractivity contribution in [3.8, 4) is 0 Å². The molecule has 0 aromatic heterocycles. The third-order valence-corrected chi connectivity index (χ3v) is 1.32. The Kier molecular flexibility index (Phi) is 6.28. The van der Waals surface area contributed by atoms with E-state index in [0.717, 1.165) is 0 Å². The van der Waals surface area contributed by atoms with Crippen molar-refractivity contribution in [1.29, 1.82) is 0 Å². The Hall–Kier alpha value is -1.43. The van der Waals surface area contributed by atoms with Crippen LogP contribution in [0.3, 0.4) is 0 Å². The van der Waals surface area contributed by atoms with Crippen molar-refractivity contribution < 1.29 is 23.9 Å². The van der Waals surface area contributed by atoms with Crippen molar-refractivity contribution in [2.75, 3.05) is 13.2 Å². The first-order valence-corrected chi connectivity index (χ1v) is 4.54. The average molecular weight is 217 g/mol. The first-order valence-electron chi connectivity index (χ1n) is 4.54. The molecule has 0 fully saturated rings. The van der Waals surface area contributed by atoms with Gasteiger partial charge in [-0.1, -0.05) is 0 Å². The average Bonchev–Trinajstić information content (AvgIpc) is 2.11. The lowest BCUT2D eigenvalue weighted by atomic mass is 10.4. The van der Waals surface area contributed by atoms with Gasteiger partial charge in [0.05, 0.1) is 13.2 Å². The Labute approximate surface area is 87.9 Å². The molecule has 0 spiro atoms. The number of esters is 2. The van der Waals surface area contributed by atoms with Crippen LogP contribution in [0.1, 0.15) is 20.8 Å². The number of ether oxygens (including phenoxy) is 2. The molecule has 0 aromatic carbocycles. The van der Waals surface area contributed by atoms with Crippen molar-refractivity contribution in [2.24, 2.45) is 0 Å². The Bertz CT molecular complexity index is 251. The van der Waals surface area contributed by atoms with E-state index in [2.05, 4.69) is 14.8 Å². The highest BCUT2D eigenvalue weighted by atomic mass is 16.6. The smallest absolute Gasteiger partial charge is 0.363 e. The standard InChI is InChI=1S/C9H15NO5/c1-4-14-9(13)8(15-7(3)12)10-5-6(2)11/h8,10H,4-5H2,1-3H3. The molecule has 0 rings (SSSR count). The summed E-state index contributed by atoms with van der Waals surface area (Å²) in [5, 5.41) is 2.47. The molecule has 6 heteroatoms. The highest BCUT2D eigenvalue weighted by Crippen LogP contribution is 1.93. The summed E-state index contributed by atoms with van der Waals surface area (Å²) in [6.07, 6.45) is -1.22. The maximum atomic E-state index is 11.2. The molecular formula is C9H15NO5. The summed E-state index contributed by atoms with van der Waals surface area (Å²) in [5.74, 6) is -1.51. The van der Waals surface area contributed by atoms with Gasteiger partial charge < -0.3 is 9.47 Å². The van der Waals surface area contributed by atoms with Gasteiger partial charge in [-0.15, -0.1) is 0 Å². The predicted molar refractivity (Wildman–Crippen MR) is 50.9 cm³/mol. The molecule has 0 bridgehead atoms. The van der Waals surface area contributed by atoms with Crippen molar-refractivity contribution in [2.45, 2.75) is 27.0 Å². The SMILES string of the molecule is CCOC(=O)C(NCC(C)=O)OC(C)=O. The molecule has 1 N–H and O–H groups in total. The number of Topliss-reactive ketones (excluding diaryl/α,β-unsaturated/α-hetero) is 1. The summed E-state index contributed by atoms with van der Waals surface area (Å²) in [7, 11) is 0. The largest absolute Gasteiger partial charge is 0.462 e. The fourth-order valence-corrected chi connectivity index (χ4v) is 0.793. The summed E-state index contributed by atoms with van der Waals surface area (Å²) < 4.78 is 9.29. The molecule has 1 unspecified atom stereocenters. The minimum atomic E-state index is -1.22. The second-order valence-corrected chi connectivity index (χ2v) is 2.82. The van der Waals surface area contributed by atoms with Crippen LogP contribution in [0.25, 0.3) is 0 Å². The molecule has 0 amide bonds. The van der Waals surface area contributed by atoms with Crippen molar-refractivity contribution in [1.82, 2.24) is 5.32 Å². The van der Waals surface area contributed by atoms with Gasteiger partial charge in [0.2, 0.25) is 0 Å². The lowest BCUT2D eigenvalue weighted by Gasteiger charge is -2.15. The zero-order valence-electron chi connectivity index (χ0n) is 9.03. The van der Waals surface area contributed by atoms with E-state index in [4.69, 9.17) is 0 Å². The number of rotatable bonds is 6. The van der Waals surface area contributed by atoms with Gasteiger partial charge >= 0.3 is 11.9 Å². The molecule has 0 aliphatic carbocycles. The van der Waals surface area contributed by atoms with Crippen LogP contribution in [-0.4, -0.2) is 37.1 Å². The summed E-state index contributed by atoms with van der Waals surface area (Å²) in [6, 6.07) is 0. The molecule has 0 aliphatic rings. The van der Waals surface area contributed by atoms with Crippen LogP contribution in [-0.2, 0) is 23.9 Å². The highest BCUT2D eigenvalue weighted by molar-refractivity contribution is 5.81. The monoisotopic (exact) mass is 217 g/mol. The van der Waals surface area contributed by atoms with E-state index < -0.39 is 18.2 Å². The Morgan fingerprint density at radius 3 is 2.27 bits per heavy atom. The van der Waals surface area contributed by atoms with Crippen LogP contribution >= 0.6 is 0 Å². The van der Waals surface area contributed by atoms with Crippen LogP contribution in [0, 0.1) is 0 Å². The maximum Gasteiger partial charge on any atom is 0.363 e. The van der Waals surface area contributed by atoms with Crippen LogP contribution in [0.5, 0.6) is 0 Å². The number of nitrogens with one attached hydrogen (secondary N) is 1. The molecule has 0 heterocycles. The van der Waals surface area contributed by atoms with Crippen LogP contribution in [0.15, 0.2) is 0 Å². The van der Waals surface area contributed by atoms with E-state index in [1.807, 2.05) is 0 Å². The Balaban J connectivity index is 4.23. The topological polar surface area (TPSA) is 81.7 Å². The predicted octanol–water partition coefficient (Wildman–Crippen LogP) is -0.383. The van der Waals surface area contributed by atoms with E-state index in [1.165, 1.54) is 13.8 Å². The summed E-state index contributed by atoms with van der Waals surface area (Å²) in [5.41, 5.74) is 0. The van der Waals surface area contributed by atoms with Crippen LogP contribution in [0.2, 0.25) is 0 Å². The molecular weight excluding hydrogens is 202 g/mol. The van der Waals surface area contributed by atoms with E-state index in [1.54, 1.807) is 6.92 Å². The summed E-state index contributed by atoms with van der Waals surface area (Å²) in [4.78, 5) is 32.5. The first kappa shape index (κ1) is 13.6. The summed E-state index contributed by atoms with van der Waals surface area (Å²) >= 11 is 0. The minimum Gasteiger partial charge on any atom is -0.462 e.